The molecule has 0 aromatic heterocycles. The summed E-state index contributed by atoms with van der Waals surface area (Å²) >= 11 is 5.77. The molecule has 6 nitrogen and oxygen atoms in total. The van der Waals surface area contributed by atoms with Gasteiger partial charge in [-0.1, -0.05) is 41.9 Å². The molecule has 0 aliphatic heterocycles. The van der Waals surface area contributed by atoms with Gasteiger partial charge in [0, 0.05) is 12.2 Å². The van der Waals surface area contributed by atoms with Crippen LogP contribution in [0.2, 0.25) is 5.02 Å². The molecule has 0 atom stereocenters. The number of carbonyl (C=O) groups excluding carboxylic acids is 1. The first-order valence-corrected chi connectivity index (χ1v) is 12.0. The first kappa shape index (κ1) is 24.7. The van der Waals surface area contributed by atoms with Crippen LogP contribution in [0, 0.1) is 12.7 Å². The van der Waals surface area contributed by atoms with E-state index in [0.717, 1.165) is 15.9 Å². The van der Waals surface area contributed by atoms with Crippen molar-refractivity contribution in [2.45, 2.75) is 25.3 Å². The number of sulfonamides is 1. The van der Waals surface area contributed by atoms with Gasteiger partial charge in [-0.05, 0) is 61.4 Å². The molecule has 3 aromatic carbocycles. The smallest absolute Gasteiger partial charge is 0.243 e. The maximum atomic E-state index is 13.5. The van der Waals surface area contributed by atoms with Crippen molar-refractivity contribution in [2.75, 3.05) is 18.5 Å². The molecule has 0 spiro atoms. The molecular formula is C24H24ClFN2O4S. The summed E-state index contributed by atoms with van der Waals surface area (Å²) in [6, 6.07) is 17.3. The molecule has 0 aliphatic rings. The summed E-state index contributed by atoms with van der Waals surface area (Å²) in [6.45, 7) is 3.61. The SMILES string of the molecule is CCOc1ccc(S(=O)(=O)N(CC(=O)Nc2ccc(F)c(Cl)c2)Cc2ccccc2)cc1C. The van der Waals surface area contributed by atoms with Crippen LogP contribution in [-0.4, -0.2) is 31.8 Å². The number of halogens is 2. The Morgan fingerprint density at radius 3 is 2.45 bits per heavy atom. The molecular weight excluding hydrogens is 467 g/mol. The topological polar surface area (TPSA) is 75.7 Å². The Labute approximate surface area is 198 Å². The minimum absolute atomic E-state index is 0.00692. The second-order valence-corrected chi connectivity index (χ2v) is 9.64. The van der Waals surface area contributed by atoms with Gasteiger partial charge in [0.05, 0.1) is 23.1 Å². The van der Waals surface area contributed by atoms with Gasteiger partial charge in [-0.2, -0.15) is 4.31 Å². The molecule has 0 fully saturated rings. The average molecular weight is 491 g/mol. The zero-order valence-electron chi connectivity index (χ0n) is 18.2. The molecule has 9 heteroatoms. The van der Waals surface area contributed by atoms with Crippen LogP contribution in [0.5, 0.6) is 5.75 Å². The summed E-state index contributed by atoms with van der Waals surface area (Å²) in [4.78, 5) is 12.8. The van der Waals surface area contributed by atoms with Gasteiger partial charge in [0.2, 0.25) is 15.9 Å². The quantitative estimate of drug-likeness (QED) is 0.457. The maximum Gasteiger partial charge on any atom is 0.243 e. The van der Waals surface area contributed by atoms with E-state index in [1.807, 2.05) is 13.0 Å². The third-order valence-electron chi connectivity index (χ3n) is 4.81. The summed E-state index contributed by atoms with van der Waals surface area (Å²) in [5.74, 6) is -0.606. The highest BCUT2D eigenvalue weighted by Gasteiger charge is 2.27. The molecule has 1 amide bonds. The molecule has 33 heavy (non-hydrogen) atoms. The third-order valence-corrected chi connectivity index (χ3v) is 6.89. The number of aryl methyl sites for hydroxylation is 1. The summed E-state index contributed by atoms with van der Waals surface area (Å²) in [7, 11) is -4.02. The number of hydrogen-bond acceptors (Lipinski definition) is 4. The number of carbonyl (C=O) groups is 1. The third kappa shape index (κ3) is 6.31. The Morgan fingerprint density at radius 2 is 1.82 bits per heavy atom. The molecule has 0 radical (unpaired) electrons. The largest absolute Gasteiger partial charge is 0.494 e. The second-order valence-electron chi connectivity index (χ2n) is 7.30. The van der Waals surface area contributed by atoms with Crippen molar-refractivity contribution in [2.24, 2.45) is 0 Å². The van der Waals surface area contributed by atoms with Crippen LogP contribution >= 0.6 is 11.6 Å². The van der Waals surface area contributed by atoms with Crippen LogP contribution in [0.25, 0.3) is 0 Å². The molecule has 0 saturated carbocycles. The van der Waals surface area contributed by atoms with E-state index in [4.69, 9.17) is 16.3 Å². The van der Waals surface area contributed by atoms with E-state index in [1.54, 1.807) is 37.3 Å². The first-order chi connectivity index (χ1) is 15.7. The number of nitrogens with zero attached hydrogens (tertiary/aromatic N) is 1. The standard InChI is InChI=1S/C24H24ClFN2O4S/c1-3-32-23-12-10-20(13-17(23)2)33(30,31)28(15-18-7-5-4-6-8-18)16-24(29)27-19-9-11-22(26)21(25)14-19/h4-14H,3,15-16H2,1-2H3,(H,27,29). The highest BCUT2D eigenvalue weighted by Crippen LogP contribution is 2.25. The minimum Gasteiger partial charge on any atom is -0.494 e. The van der Waals surface area contributed by atoms with Gasteiger partial charge in [-0.15, -0.1) is 0 Å². The molecule has 1 N–H and O–H groups in total. The second kappa shape index (κ2) is 10.8. The normalized spacial score (nSPS) is 11.4. The zero-order chi connectivity index (χ0) is 24.0. The van der Waals surface area contributed by atoms with Gasteiger partial charge < -0.3 is 10.1 Å². The number of amides is 1. The summed E-state index contributed by atoms with van der Waals surface area (Å²) in [5.41, 5.74) is 1.66. The highest BCUT2D eigenvalue weighted by molar-refractivity contribution is 7.89. The van der Waals surface area contributed by atoms with Gasteiger partial charge in [0.15, 0.2) is 0 Å². The van der Waals surface area contributed by atoms with Crippen molar-refractivity contribution in [1.29, 1.82) is 0 Å². The van der Waals surface area contributed by atoms with Crippen molar-refractivity contribution < 1.29 is 22.3 Å². The zero-order valence-corrected chi connectivity index (χ0v) is 19.8. The Morgan fingerprint density at radius 1 is 1.09 bits per heavy atom. The van der Waals surface area contributed by atoms with Crippen LogP contribution in [0.4, 0.5) is 10.1 Å². The predicted molar refractivity (Wildman–Crippen MR) is 126 cm³/mol. The molecule has 3 rings (SSSR count). The summed E-state index contributed by atoms with van der Waals surface area (Å²) in [6.07, 6.45) is 0. The Kier molecular flexibility index (Phi) is 8.07. The minimum atomic E-state index is -4.02. The number of hydrogen-bond donors (Lipinski definition) is 1. The van der Waals surface area contributed by atoms with E-state index in [2.05, 4.69) is 5.32 Å². The monoisotopic (exact) mass is 490 g/mol. The molecule has 0 saturated heterocycles. The Hall–Kier alpha value is -2.94. The Bertz CT molecular complexity index is 1240. The lowest BCUT2D eigenvalue weighted by Gasteiger charge is -2.22. The van der Waals surface area contributed by atoms with Gasteiger partial charge in [0.25, 0.3) is 0 Å². The van der Waals surface area contributed by atoms with Crippen molar-refractivity contribution in [3.63, 3.8) is 0 Å². The van der Waals surface area contributed by atoms with E-state index < -0.39 is 28.3 Å². The fourth-order valence-corrected chi connectivity index (χ4v) is 4.85. The van der Waals surface area contributed by atoms with Crippen LogP contribution in [0.3, 0.4) is 0 Å². The van der Waals surface area contributed by atoms with Crippen LogP contribution < -0.4 is 10.1 Å². The molecule has 0 aliphatic carbocycles. The fraction of sp³-hybridized carbons (Fsp3) is 0.208. The fourth-order valence-electron chi connectivity index (χ4n) is 3.20. The molecule has 0 heterocycles. The van der Waals surface area contributed by atoms with E-state index in [0.29, 0.717) is 17.9 Å². The first-order valence-electron chi connectivity index (χ1n) is 10.2. The number of nitrogens with one attached hydrogen (secondary N) is 1. The summed E-state index contributed by atoms with van der Waals surface area (Å²) in [5, 5.41) is 2.42. The number of anilines is 1. The van der Waals surface area contributed by atoms with Gasteiger partial charge in [-0.3, -0.25) is 4.79 Å². The lowest BCUT2D eigenvalue weighted by atomic mass is 10.2. The molecule has 0 unspecified atom stereocenters. The van der Waals surface area contributed by atoms with Crippen molar-refractivity contribution >= 4 is 33.2 Å². The van der Waals surface area contributed by atoms with E-state index in [1.165, 1.54) is 24.3 Å². The van der Waals surface area contributed by atoms with Crippen molar-refractivity contribution in [1.82, 2.24) is 4.31 Å². The van der Waals surface area contributed by atoms with Gasteiger partial charge in [-0.25, -0.2) is 12.8 Å². The van der Waals surface area contributed by atoms with E-state index in [9.17, 15) is 17.6 Å². The van der Waals surface area contributed by atoms with Crippen LogP contribution in [0.1, 0.15) is 18.1 Å². The predicted octanol–water partition coefficient (Wildman–Crippen LogP) is 5.02. The highest BCUT2D eigenvalue weighted by atomic mass is 35.5. The van der Waals surface area contributed by atoms with Crippen molar-refractivity contribution in [3.8, 4) is 5.75 Å². The molecule has 3 aromatic rings. The number of rotatable bonds is 9. The van der Waals surface area contributed by atoms with Gasteiger partial charge >= 0.3 is 0 Å². The lowest BCUT2D eigenvalue weighted by Crippen LogP contribution is -2.37. The maximum absolute atomic E-state index is 13.5. The van der Waals surface area contributed by atoms with E-state index >= 15 is 0 Å². The summed E-state index contributed by atoms with van der Waals surface area (Å²) < 4.78 is 47.0. The Balaban J connectivity index is 1.89. The number of benzene rings is 3. The van der Waals surface area contributed by atoms with Crippen LogP contribution in [0.15, 0.2) is 71.6 Å². The number of ether oxygens (including phenoxy) is 1. The van der Waals surface area contributed by atoms with Crippen molar-refractivity contribution in [3.05, 3.63) is 88.7 Å². The van der Waals surface area contributed by atoms with Crippen LogP contribution in [-0.2, 0) is 21.4 Å². The molecule has 0 bridgehead atoms. The van der Waals surface area contributed by atoms with Gasteiger partial charge in [0.1, 0.15) is 11.6 Å². The van der Waals surface area contributed by atoms with E-state index in [-0.39, 0.29) is 22.2 Å². The molecule has 174 valence electrons. The average Bonchev–Trinajstić information content (AvgIpc) is 2.78. The lowest BCUT2D eigenvalue weighted by molar-refractivity contribution is -0.116.